The number of urea groups is 1. The molecule has 0 saturated carbocycles. The molecule has 2 amide bonds. The van der Waals surface area contributed by atoms with Crippen molar-refractivity contribution in [1.82, 2.24) is 5.32 Å². The van der Waals surface area contributed by atoms with Gasteiger partial charge in [-0.25, -0.2) is 13.6 Å². The molecular formula is C12H10F2N2O2. The van der Waals surface area contributed by atoms with Crippen molar-refractivity contribution in [2.75, 3.05) is 5.32 Å². The third-order valence-corrected chi connectivity index (χ3v) is 2.18. The number of hydrogen-bond acceptors (Lipinski definition) is 2. The quantitative estimate of drug-likeness (QED) is 0.882. The van der Waals surface area contributed by atoms with Crippen LogP contribution in [0.25, 0.3) is 0 Å². The Morgan fingerprint density at radius 1 is 1.28 bits per heavy atom. The molecule has 1 aromatic heterocycles. The van der Waals surface area contributed by atoms with E-state index < -0.39 is 17.7 Å². The number of furan rings is 1. The van der Waals surface area contributed by atoms with E-state index in [9.17, 15) is 13.6 Å². The predicted octanol–water partition coefficient (Wildman–Crippen LogP) is 2.88. The SMILES string of the molecule is O=C(NCc1ccco1)Nc1ccc(F)cc1F. The van der Waals surface area contributed by atoms with Gasteiger partial charge < -0.3 is 15.1 Å². The molecule has 2 N–H and O–H groups in total. The standard InChI is InChI=1S/C12H10F2N2O2/c13-8-3-4-11(10(14)6-8)16-12(17)15-7-9-2-1-5-18-9/h1-6H,7H2,(H2,15,16,17). The van der Waals surface area contributed by atoms with Crippen LogP contribution in [0, 0.1) is 11.6 Å². The Morgan fingerprint density at radius 3 is 2.78 bits per heavy atom. The molecule has 0 atom stereocenters. The molecule has 0 bridgehead atoms. The third kappa shape index (κ3) is 3.07. The number of carbonyl (C=O) groups is 1. The van der Waals surface area contributed by atoms with Gasteiger partial charge in [-0.15, -0.1) is 0 Å². The van der Waals surface area contributed by atoms with E-state index in [-0.39, 0.29) is 12.2 Å². The lowest BCUT2D eigenvalue weighted by Crippen LogP contribution is -2.28. The Bertz CT molecular complexity index is 541. The van der Waals surface area contributed by atoms with Crippen LogP contribution in [0.3, 0.4) is 0 Å². The summed E-state index contributed by atoms with van der Waals surface area (Å²) in [6.07, 6.45) is 1.48. The lowest BCUT2D eigenvalue weighted by atomic mass is 10.3. The highest BCUT2D eigenvalue weighted by Crippen LogP contribution is 2.14. The van der Waals surface area contributed by atoms with Crippen LogP contribution in [0.1, 0.15) is 5.76 Å². The maximum atomic E-state index is 13.2. The fourth-order valence-corrected chi connectivity index (χ4v) is 1.34. The lowest BCUT2D eigenvalue weighted by molar-refractivity contribution is 0.250. The number of halogens is 2. The Labute approximate surface area is 102 Å². The highest BCUT2D eigenvalue weighted by molar-refractivity contribution is 5.89. The molecule has 18 heavy (non-hydrogen) atoms. The zero-order valence-electron chi connectivity index (χ0n) is 9.24. The first-order chi connectivity index (χ1) is 8.65. The van der Waals surface area contributed by atoms with E-state index in [1.165, 1.54) is 6.26 Å². The zero-order chi connectivity index (χ0) is 13.0. The molecule has 2 rings (SSSR count). The molecule has 0 saturated heterocycles. The molecule has 6 heteroatoms. The average Bonchev–Trinajstić information content (AvgIpc) is 2.83. The normalized spacial score (nSPS) is 10.1. The first-order valence-electron chi connectivity index (χ1n) is 5.17. The Hall–Kier alpha value is -2.37. The second kappa shape index (κ2) is 5.31. The number of benzene rings is 1. The summed E-state index contributed by atoms with van der Waals surface area (Å²) >= 11 is 0. The van der Waals surface area contributed by atoms with Crippen molar-refractivity contribution in [3.63, 3.8) is 0 Å². The molecule has 0 aliphatic rings. The molecule has 0 aliphatic carbocycles. The van der Waals surface area contributed by atoms with Crippen LogP contribution in [0.2, 0.25) is 0 Å². The minimum Gasteiger partial charge on any atom is -0.467 e. The first kappa shape index (κ1) is 12.1. The van der Waals surface area contributed by atoms with Gasteiger partial charge in [0.1, 0.15) is 17.4 Å². The van der Waals surface area contributed by atoms with Crippen LogP contribution >= 0.6 is 0 Å². The van der Waals surface area contributed by atoms with E-state index in [0.717, 1.165) is 12.1 Å². The molecular weight excluding hydrogens is 242 g/mol. The minimum atomic E-state index is -0.830. The smallest absolute Gasteiger partial charge is 0.319 e. The number of amides is 2. The minimum absolute atomic E-state index is 0.0895. The molecule has 0 aliphatic heterocycles. The van der Waals surface area contributed by atoms with E-state index in [4.69, 9.17) is 4.42 Å². The summed E-state index contributed by atoms with van der Waals surface area (Å²) in [6, 6.07) is 5.69. The van der Waals surface area contributed by atoms with Gasteiger partial charge in [0.05, 0.1) is 18.5 Å². The van der Waals surface area contributed by atoms with Gasteiger partial charge in [0, 0.05) is 6.07 Å². The molecule has 2 aromatic rings. The largest absolute Gasteiger partial charge is 0.467 e. The predicted molar refractivity (Wildman–Crippen MR) is 60.9 cm³/mol. The highest BCUT2D eigenvalue weighted by atomic mass is 19.1. The Balaban J connectivity index is 1.91. The lowest BCUT2D eigenvalue weighted by Gasteiger charge is -2.07. The monoisotopic (exact) mass is 252 g/mol. The van der Waals surface area contributed by atoms with Crippen molar-refractivity contribution in [3.05, 3.63) is 54.0 Å². The molecule has 0 spiro atoms. The van der Waals surface area contributed by atoms with E-state index in [1.54, 1.807) is 12.1 Å². The summed E-state index contributed by atoms with van der Waals surface area (Å²) in [4.78, 5) is 11.4. The summed E-state index contributed by atoms with van der Waals surface area (Å²) in [7, 11) is 0. The second-order valence-electron chi connectivity index (χ2n) is 3.51. The van der Waals surface area contributed by atoms with Crippen molar-refractivity contribution in [2.45, 2.75) is 6.54 Å². The van der Waals surface area contributed by atoms with Gasteiger partial charge in [-0.2, -0.15) is 0 Å². The number of nitrogens with one attached hydrogen (secondary N) is 2. The summed E-state index contributed by atoms with van der Waals surface area (Å²) in [5.74, 6) is -0.957. The maximum Gasteiger partial charge on any atom is 0.319 e. The van der Waals surface area contributed by atoms with Gasteiger partial charge >= 0.3 is 6.03 Å². The third-order valence-electron chi connectivity index (χ3n) is 2.18. The fraction of sp³-hybridized carbons (Fsp3) is 0.0833. The van der Waals surface area contributed by atoms with Gasteiger partial charge in [-0.3, -0.25) is 0 Å². The molecule has 1 heterocycles. The average molecular weight is 252 g/mol. The van der Waals surface area contributed by atoms with Crippen molar-refractivity contribution in [2.24, 2.45) is 0 Å². The number of rotatable bonds is 3. The van der Waals surface area contributed by atoms with Crippen LogP contribution in [0.5, 0.6) is 0 Å². The molecule has 0 fully saturated rings. The highest BCUT2D eigenvalue weighted by Gasteiger charge is 2.07. The van der Waals surface area contributed by atoms with Crippen molar-refractivity contribution < 1.29 is 18.0 Å². The van der Waals surface area contributed by atoms with E-state index >= 15 is 0 Å². The van der Waals surface area contributed by atoms with Crippen LogP contribution in [0.4, 0.5) is 19.3 Å². The first-order valence-corrected chi connectivity index (χ1v) is 5.17. The second-order valence-corrected chi connectivity index (χ2v) is 3.51. The molecule has 4 nitrogen and oxygen atoms in total. The maximum absolute atomic E-state index is 13.2. The van der Waals surface area contributed by atoms with Gasteiger partial charge in [-0.1, -0.05) is 0 Å². The molecule has 94 valence electrons. The van der Waals surface area contributed by atoms with Crippen molar-refractivity contribution in [3.8, 4) is 0 Å². The summed E-state index contributed by atoms with van der Waals surface area (Å²) in [5.41, 5.74) is -0.0895. The van der Waals surface area contributed by atoms with Crippen molar-refractivity contribution in [1.29, 1.82) is 0 Å². The Morgan fingerprint density at radius 2 is 2.11 bits per heavy atom. The topological polar surface area (TPSA) is 54.3 Å². The van der Waals surface area contributed by atoms with Crippen LogP contribution in [0.15, 0.2) is 41.0 Å². The van der Waals surface area contributed by atoms with Crippen molar-refractivity contribution >= 4 is 11.7 Å². The van der Waals surface area contributed by atoms with Gasteiger partial charge in [0.2, 0.25) is 0 Å². The molecule has 0 unspecified atom stereocenters. The van der Waals surface area contributed by atoms with E-state index in [1.807, 2.05) is 0 Å². The number of carbonyl (C=O) groups excluding carboxylic acids is 1. The molecule has 1 aromatic carbocycles. The van der Waals surface area contributed by atoms with E-state index in [2.05, 4.69) is 10.6 Å². The summed E-state index contributed by atoms with van der Waals surface area (Å²) in [6.45, 7) is 0.182. The van der Waals surface area contributed by atoms with E-state index in [0.29, 0.717) is 11.8 Å². The fourth-order valence-electron chi connectivity index (χ4n) is 1.34. The van der Waals surface area contributed by atoms with Gasteiger partial charge in [0.15, 0.2) is 0 Å². The molecule has 0 radical (unpaired) electrons. The van der Waals surface area contributed by atoms with Crippen LogP contribution in [-0.4, -0.2) is 6.03 Å². The number of anilines is 1. The van der Waals surface area contributed by atoms with Gasteiger partial charge in [0.25, 0.3) is 0 Å². The van der Waals surface area contributed by atoms with Crippen LogP contribution in [-0.2, 0) is 6.54 Å². The van der Waals surface area contributed by atoms with Crippen LogP contribution < -0.4 is 10.6 Å². The summed E-state index contributed by atoms with van der Waals surface area (Å²) < 4.78 is 30.9. The summed E-state index contributed by atoms with van der Waals surface area (Å²) in [5, 5.41) is 4.74. The Kier molecular flexibility index (Phi) is 3.57. The zero-order valence-corrected chi connectivity index (χ0v) is 9.24. The van der Waals surface area contributed by atoms with Gasteiger partial charge in [-0.05, 0) is 24.3 Å². The number of hydrogen-bond donors (Lipinski definition) is 2.